The average molecular weight is 339 g/mol. The monoisotopic (exact) mass is 337 g/mol. The van der Waals surface area contributed by atoms with Crippen LogP contribution in [0.5, 0.6) is 0 Å². The molecule has 0 atom stereocenters. The second-order valence-corrected chi connectivity index (χ2v) is 4.80. The van der Waals surface area contributed by atoms with Crippen molar-refractivity contribution in [2.45, 2.75) is 0 Å². The summed E-state index contributed by atoms with van der Waals surface area (Å²) in [5, 5.41) is 0. The van der Waals surface area contributed by atoms with Crippen molar-refractivity contribution >= 4 is 33.4 Å². The molecule has 0 N–H and O–H groups in total. The molecule has 18 heavy (non-hydrogen) atoms. The summed E-state index contributed by atoms with van der Waals surface area (Å²) in [5.41, 5.74) is 0.0266. The van der Waals surface area contributed by atoms with Gasteiger partial charge in [-0.15, -0.1) is 11.6 Å². The third-order valence-electron chi connectivity index (χ3n) is 2.38. The maximum atomic E-state index is 13.7. The predicted molar refractivity (Wildman–Crippen MR) is 72.6 cm³/mol. The molecule has 0 bridgehead atoms. The normalized spacial score (nSPS) is 10.4. The molecule has 3 nitrogen and oxygen atoms in total. The minimum atomic E-state index is -0.550. The lowest BCUT2D eigenvalue weighted by Crippen LogP contribution is -2.36. The van der Waals surface area contributed by atoms with Crippen LogP contribution in [0.1, 0.15) is 10.4 Å². The van der Waals surface area contributed by atoms with Crippen molar-refractivity contribution in [3.63, 3.8) is 0 Å². The summed E-state index contributed by atoms with van der Waals surface area (Å²) in [5.74, 6) is -0.648. The Kier molecular flexibility index (Phi) is 6.60. The first-order valence-electron chi connectivity index (χ1n) is 5.40. The number of nitrogens with zero attached hydrogens (tertiary/aromatic N) is 1. The zero-order valence-electron chi connectivity index (χ0n) is 9.96. The van der Waals surface area contributed by atoms with Crippen LogP contribution in [0.25, 0.3) is 0 Å². The van der Waals surface area contributed by atoms with Gasteiger partial charge in [-0.05, 0) is 28.1 Å². The fourth-order valence-corrected chi connectivity index (χ4v) is 2.19. The van der Waals surface area contributed by atoms with Gasteiger partial charge in [-0.3, -0.25) is 4.79 Å². The van der Waals surface area contributed by atoms with E-state index in [0.717, 1.165) is 0 Å². The van der Waals surface area contributed by atoms with Gasteiger partial charge in [-0.25, -0.2) is 4.39 Å². The molecule has 0 spiro atoms. The molecule has 0 aliphatic rings. The Balaban J connectivity index is 2.94. The van der Waals surface area contributed by atoms with E-state index in [4.69, 9.17) is 16.3 Å². The minimum Gasteiger partial charge on any atom is -0.383 e. The van der Waals surface area contributed by atoms with Gasteiger partial charge in [-0.1, -0.05) is 6.07 Å². The topological polar surface area (TPSA) is 29.5 Å². The molecule has 0 unspecified atom stereocenters. The smallest absolute Gasteiger partial charge is 0.258 e. The maximum Gasteiger partial charge on any atom is 0.258 e. The SMILES string of the molecule is COCCN(CCCl)C(=O)c1c(F)cccc1Br. The molecule has 100 valence electrons. The van der Waals surface area contributed by atoms with E-state index < -0.39 is 11.7 Å². The molecule has 0 aliphatic carbocycles. The van der Waals surface area contributed by atoms with Crippen LogP contribution in [-0.2, 0) is 4.74 Å². The highest BCUT2D eigenvalue weighted by Crippen LogP contribution is 2.21. The van der Waals surface area contributed by atoms with Gasteiger partial charge in [-0.2, -0.15) is 0 Å². The molecular weight excluding hydrogens is 324 g/mol. The van der Waals surface area contributed by atoms with Crippen LogP contribution in [0.15, 0.2) is 22.7 Å². The number of hydrogen-bond donors (Lipinski definition) is 0. The van der Waals surface area contributed by atoms with E-state index in [-0.39, 0.29) is 5.56 Å². The second kappa shape index (κ2) is 7.71. The summed E-state index contributed by atoms with van der Waals surface area (Å²) < 4.78 is 19.0. The molecule has 0 fully saturated rings. The molecule has 0 saturated heterocycles. The Hall–Kier alpha value is -0.650. The summed E-state index contributed by atoms with van der Waals surface area (Å²) in [6.45, 7) is 1.11. The summed E-state index contributed by atoms with van der Waals surface area (Å²) in [4.78, 5) is 13.7. The van der Waals surface area contributed by atoms with E-state index in [1.807, 2.05) is 0 Å². The zero-order valence-corrected chi connectivity index (χ0v) is 12.3. The maximum absolute atomic E-state index is 13.7. The number of methoxy groups -OCH3 is 1. The van der Waals surface area contributed by atoms with Crippen molar-refractivity contribution in [2.75, 3.05) is 32.7 Å². The van der Waals surface area contributed by atoms with Crippen LogP contribution >= 0.6 is 27.5 Å². The summed E-state index contributed by atoms with van der Waals surface area (Å²) in [6, 6.07) is 4.43. The Labute approximate surface area is 119 Å². The summed E-state index contributed by atoms with van der Waals surface area (Å²) in [7, 11) is 1.54. The second-order valence-electron chi connectivity index (χ2n) is 3.57. The van der Waals surface area contributed by atoms with Crippen molar-refractivity contribution in [3.05, 3.63) is 34.1 Å². The van der Waals surface area contributed by atoms with E-state index in [1.165, 1.54) is 17.0 Å². The number of alkyl halides is 1. The first kappa shape index (κ1) is 15.4. The van der Waals surface area contributed by atoms with Crippen LogP contribution in [-0.4, -0.2) is 43.5 Å². The molecule has 1 amide bonds. The van der Waals surface area contributed by atoms with E-state index in [1.54, 1.807) is 13.2 Å². The Morgan fingerprint density at radius 1 is 1.50 bits per heavy atom. The fourth-order valence-electron chi connectivity index (χ4n) is 1.48. The largest absolute Gasteiger partial charge is 0.383 e. The van der Waals surface area contributed by atoms with Gasteiger partial charge in [0.1, 0.15) is 5.82 Å². The van der Waals surface area contributed by atoms with Crippen molar-refractivity contribution in [1.82, 2.24) is 4.90 Å². The highest BCUT2D eigenvalue weighted by molar-refractivity contribution is 9.10. The van der Waals surface area contributed by atoms with Gasteiger partial charge in [0.05, 0.1) is 12.2 Å². The molecule has 0 aliphatic heterocycles. The molecule has 1 aromatic rings. The lowest BCUT2D eigenvalue weighted by molar-refractivity contribution is 0.0702. The van der Waals surface area contributed by atoms with Gasteiger partial charge < -0.3 is 9.64 Å². The number of carbonyl (C=O) groups excluding carboxylic acids is 1. The number of carbonyl (C=O) groups is 1. The van der Waals surface area contributed by atoms with E-state index in [2.05, 4.69) is 15.9 Å². The first-order valence-corrected chi connectivity index (χ1v) is 6.72. The van der Waals surface area contributed by atoms with E-state index >= 15 is 0 Å². The van der Waals surface area contributed by atoms with Gasteiger partial charge in [0, 0.05) is 30.6 Å². The third-order valence-corrected chi connectivity index (χ3v) is 3.21. The van der Waals surface area contributed by atoms with Crippen molar-refractivity contribution < 1.29 is 13.9 Å². The van der Waals surface area contributed by atoms with Crippen molar-refractivity contribution in [1.29, 1.82) is 0 Å². The number of benzene rings is 1. The highest BCUT2D eigenvalue weighted by atomic mass is 79.9. The van der Waals surface area contributed by atoms with Crippen molar-refractivity contribution in [3.8, 4) is 0 Å². The quantitative estimate of drug-likeness (QED) is 0.747. The molecule has 0 heterocycles. The standard InChI is InChI=1S/C12H14BrClFNO2/c1-18-8-7-16(6-5-14)12(17)11-9(13)3-2-4-10(11)15/h2-4H,5-8H2,1H3. The number of hydrogen-bond acceptors (Lipinski definition) is 2. The molecule has 6 heteroatoms. The Morgan fingerprint density at radius 2 is 2.22 bits per heavy atom. The molecule has 1 aromatic carbocycles. The van der Waals surface area contributed by atoms with Crippen LogP contribution in [0.4, 0.5) is 4.39 Å². The highest BCUT2D eigenvalue weighted by Gasteiger charge is 2.21. The van der Waals surface area contributed by atoms with Crippen LogP contribution in [0.3, 0.4) is 0 Å². The number of amides is 1. The predicted octanol–water partition coefficient (Wildman–Crippen LogP) is 2.92. The van der Waals surface area contributed by atoms with Crippen LogP contribution < -0.4 is 0 Å². The zero-order chi connectivity index (χ0) is 13.5. The summed E-state index contributed by atoms with van der Waals surface area (Å²) in [6.07, 6.45) is 0. The molecule has 0 radical (unpaired) electrons. The van der Waals surface area contributed by atoms with Gasteiger partial charge in [0.25, 0.3) is 5.91 Å². The van der Waals surface area contributed by atoms with Gasteiger partial charge in [0.15, 0.2) is 0 Å². The molecule has 1 rings (SSSR count). The lowest BCUT2D eigenvalue weighted by Gasteiger charge is -2.22. The Bertz CT molecular complexity index is 397. The molecule has 0 aromatic heterocycles. The van der Waals surface area contributed by atoms with Gasteiger partial charge >= 0.3 is 0 Å². The fraction of sp³-hybridized carbons (Fsp3) is 0.417. The third kappa shape index (κ3) is 3.93. The Morgan fingerprint density at radius 3 is 2.78 bits per heavy atom. The van der Waals surface area contributed by atoms with Gasteiger partial charge in [0.2, 0.25) is 0 Å². The number of rotatable bonds is 6. The average Bonchev–Trinajstić information content (AvgIpc) is 2.34. The number of halogens is 3. The van der Waals surface area contributed by atoms with Crippen LogP contribution in [0.2, 0.25) is 0 Å². The van der Waals surface area contributed by atoms with Crippen molar-refractivity contribution in [2.24, 2.45) is 0 Å². The number of ether oxygens (including phenoxy) is 1. The minimum absolute atomic E-state index is 0.0266. The summed E-state index contributed by atoms with van der Waals surface area (Å²) >= 11 is 8.83. The van der Waals surface area contributed by atoms with E-state index in [9.17, 15) is 9.18 Å². The molecule has 0 saturated carbocycles. The van der Waals surface area contributed by atoms with E-state index in [0.29, 0.717) is 30.0 Å². The lowest BCUT2D eigenvalue weighted by atomic mass is 10.2. The van der Waals surface area contributed by atoms with Crippen LogP contribution in [0, 0.1) is 5.82 Å². The molecular formula is C12H14BrClFNO2. The first-order chi connectivity index (χ1) is 8.61.